The molecule has 0 radical (unpaired) electrons. The van der Waals surface area contributed by atoms with Gasteiger partial charge in [-0.1, -0.05) is 12.1 Å². The summed E-state index contributed by atoms with van der Waals surface area (Å²) in [6, 6.07) is 7.72. The predicted octanol–water partition coefficient (Wildman–Crippen LogP) is 3.02. The molecule has 78 valence electrons. The number of benzene rings is 1. The first-order valence-corrected chi connectivity index (χ1v) is 5.69. The summed E-state index contributed by atoms with van der Waals surface area (Å²) in [5, 5.41) is 5.13. The minimum atomic E-state index is 0.345. The number of nitroso groups, excluding NO2 is 1. The fourth-order valence-corrected chi connectivity index (χ4v) is 2.26. The SMILES string of the molecule is O=NN(CCCl)c1nsc2ccccc12. The van der Waals surface area contributed by atoms with Crippen molar-refractivity contribution in [2.75, 3.05) is 17.4 Å². The van der Waals surface area contributed by atoms with Gasteiger partial charge in [0.2, 0.25) is 0 Å². The van der Waals surface area contributed by atoms with Crippen molar-refractivity contribution in [1.29, 1.82) is 0 Å². The molecule has 0 aliphatic rings. The van der Waals surface area contributed by atoms with E-state index in [2.05, 4.69) is 9.66 Å². The van der Waals surface area contributed by atoms with E-state index in [4.69, 9.17) is 11.6 Å². The molecule has 1 aromatic carbocycles. The van der Waals surface area contributed by atoms with Crippen molar-refractivity contribution in [3.8, 4) is 0 Å². The van der Waals surface area contributed by atoms with Crippen LogP contribution in [0.1, 0.15) is 0 Å². The maximum atomic E-state index is 10.6. The lowest BCUT2D eigenvalue weighted by atomic mass is 10.2. The Bertz CT molecular complexity index is 473. The fourth-order valence-electron chi connectivity index (χ4n) is 1.32. The van der Waals surface area contributed by atoms with Crippen LogP contribution in [-0.2, 0) is 0 Å². The van der Waals surface area contributed by atoms with Gasteiger partial charge in [-0.15, -0.1) is 16.5 Å². The Morgan fingerprint density at radius 1 is 1.47 bits per heavy atom. The van der Waals surface area contributed by atoms with Crippen LogP contribution in [0.15, 0.2) is 29.6 Å². The summed E-state index contributed by atoms with van der Waals surface area (Å²) >= 11 is 6.93. The van der Waals surface area contributed by atoms with Gasteiger partial charge in [-0.2, -0.15) is 4.37 Å². The number of fused-ring (bicyclic) bond motifs is 1. The first kappa shape index (κ1) is 10.3. The zero-order valence-corrected chi connectivity index (χ0v) is 9.33. The van der Waals surface area contributed by atoms with E-state index < -0.39 is 0 Å². The highest BCUT2D eigenvalue weighted by molar-refractivity contribution is 7.13. The van der Waals surface area contributed by atoms with E-state index in [1.54, 1.807) is 0 Å². The van der Waals surface area contributed by atoms with Crippen molar-refractivity contribution in [2.45, 2.75) is 0 Å². The average Bonchev–Trinajstić information content (AvgIpc) is 2.70. The highest BCUT2D eigenvalue weighted by atomic mass is 35.5. The van der Waals surface area contributed by atoms with Crippen LogP contribution in [-0.4, -0.2) is 16.8 Å². The summed E-state index contributed by atoms with van der Waals surface area (Å²) in [5.74, 6) is 0.934. The van der Waals surface area contributed by atoms with Crippen LogP contribution in [0.2, 0.25) is 0 Å². The molecule has 0 saturated heterocycles. The largest absolute Gasteiger partial charge is 0.209 e. The number of rotatable bonds is 4. The van der Waals surface area contributed by atoms with Gasteiger partial charge in [-0.05, 0) is 23.7 Å². The van der Waals surface area contributed by atoms with Crippen molar-refractivity contribution in [3.63, 3.8) is 0 Å². The molecule has 0 atom stereocenters. The second-order valence-corrected chi connectivity index (χ2v) is 4.08. The molecular formula is C9H8ClN3OS. The summed E-state index contributed by atoms with van der Waals surface area (Å²) in [7, 11) is 0. The lowest BCUT2D eigenvalue weighted by Crippen LogP contribution is -2.18. The van der Waals surface area contributed by atoms with Gasteiger partial charge >= 0.3 is 0 Å². The monoisotopic (exact) mass is 241 g/mol. The molecule has 2 rings (SSSR count). The minimum Gasteiger partial charge on any atom is -0.209 e. The quantitative estimate of drug-likeness (QED) is 0.470. The highest BCUT2D eigenvalue weighted by Crippen LogP contribution is 2.29. The first-order valence-electron chi connectivity index (χ1n) is 4.38. The lowest BCUT2D eigenvalue weighted by molar-refractivity contribution is 0.880. The number of aromatic nitrogens is 1. The Morgan fingerprint density at radius 3 is 3.00 bits per heavy atom. The topological polar surface area (TPSA) is 45.6 Å². The zero-order chi connectivity index (χ0) is 10.7. The molecule has 0 N–H and O–H groups in total. The number of hydrogen-bond donors (Lipinski definition) is 0. The molecule has 0 amide bonds. The molecule has 0 unspecified atom stereocenters. The first-order chi connectivity index (χ1) is 7.36. The normalized spacial score (nSPS) is 10.5. The van der Waals surface area contributed by atoms with Gasteiger partial charge in [0.05, 0.1) is 16.5 Å². The van der Waals surface area contributed by atoms with Gasteiger partial charge in [-0.3, -0.25) is 0 Å². The Morgan fingerprint density at radius 2 is 2.27 bits per heavy atom. The van der Waals surface area contributed by atoms with Gasteiger partial charge < -0.3 is 0 Å². The molecule has 1 heterocycles. The molecule has 2 aromatic rings. The van der Waals surface area contributed by atoms with Crippen LogP contribution in [0.4, 0.5) is 5.82 Å². The van der Waals surface area contributed by atoms with Crippen LogP contribution < -0.4 is 5.01 Å². The molecule has 6 heteroatoms. The molecule has 0 bridgehead atoms. The van der Waals surface area contributed by atoms with Gasteiger partial charge in [-0.25, -0.2) is 5.01 Å². The molecule has 0 fully saturated rings. The summed E-state index contributed by atoms with van der Waals surface area (Å²) in [5.41, 5.74) is 0. The molecule has 15 heavy (non-hydrogen) atoms. The number of nitrogens with zero attached hydrogens (tertiary/aromatic N) is 3. The van der Waals surface area contributed by atoms with Crippen molar-refractivity contribution < 1.29 is 0 Å². The van der Waals surface area contributed by atoms with E-state index in [-0.39, 0.29) is 0 Å². The van der Waals surface area contributed by atoms with E-state index >= 15 is 0 Å². The van der Waals surface area contributed by atoms with Gasteiger partial charge in [0.25, 0.3) is 0 Å². The van der Waals surface area contributed by atoms with E-state index in [1.807, 2.05) is 24.3 Å². The number of alkyl halides is 1. The van der Waals surface area contributed by atoms with E-state index in [9.17, 15) is 4.91 Å². The van der Waals surface area contributed by atoms with Crippen LogP contribution in [0.3, 0.4) is 0 Å². The second-order valence-electron chi connectivity index (χ2n) is 2.90. The molecular weight excluding hydrogens is 234 g/mol. The highest BCUT2D eigenvalue weighted by Gasteiger charge is 2.13. The summed E-state index contributed by atoms with van der Waals surface area (Å²) in [4.78, 5) is 10.6. The maximum absolute atomic E-state index is 10.6. The molecule has 4 nitrogen and oxygen atoms in total. The molecule has 0 aliphatic carbocycles. The number of anilines is 1. The Hall–Kier alpha value is -1.20. The van der Waals surface area contributed by atoms with Crippen molar-refractivity contribution in [2.24, 2.45) is 5.29 Å². The third kappa shape index (κ3) is 1.93. The van der Waals surface area contributed by atoms with Crippen molar-refractivity contribution >= 4 is 39.0 Å². The second kappa shape index (κ2) is 4.55. The van der Waals surface area contributed by atoms with Crippen LogP contribution in [0, 0.1) is 4.91 Å². The smallest absolute Gasteiger partial charge is 0.173 e. The Balaban J connectivity index is 2.46. The Kier molecular flexibility index (Phi) is 3.13. The molecule has 0 aliphatic heterocycles. The predicted molar refractivity (Wildman–Crippen MR) is 63.5 cm³/mol. The van der Waals surface area contributed by atoms with Gasteiger partial charge in [0.15, 0.2) is 5.82 Å². The average molecular weight is 242 g/mol. The summed E-state index contributed by atoms with van der Waals surface area (Å²) < 4.78 is 5.24. The van der Waals surface area contributed by atoms with Gasteiger partial charge in [0, 0.05) is 11.3 Å². The molecule has 0 saturated carbocycles. The van der Waals surface area contributed by atoms with E-state index in [0.29, 0.717) is 18.2 Å². The molecule has 0 spiro atoms. The standard InChI is InChI=1S/C9H8ClN3OS/c10-5-6-13(12-14)9-7-3-1-2-4-8(7)15-11-9/h1-4H,5-6H2. The lowest BCUT2D eigenvalue weighted by Gasteiger charge is -2.09. The van der Waals surface area contributed by atoms with Crippen LogP contribution in [0.25, 0.3) is 10.1 Å². The maximum Gasteiger partial charge on any atom is 0.173 e. The summed E-state index contributed by atoms with van der Waals surface area (Å²) in [6.07, 6.45) is 0. The Labute approximate surface area is 95.6 Å². The van der Waals surface area contributed by atoms with E-state index in [1.165, 1.54) is 16.5 Å². The van der Waals surface area contributed by atoms with Crippen molar-refractivity contribution in [3.05, 3.63) is 29.2 Å². The summed E-state index contributed by atoms with van der Waals surface area (Å²) in [6.45, 7) is 0.374. The number of halogens is 1. The van der Waals surface area contributed by atoms with E-state index in [0.717, 1.165) is 10.1 Å². The van der Waals surface area contributed by atoms with Crippen molar-refractivity contribution in [1.82, 2.24) is 4.37 Å². The third-order valence-corrected chi connectivity index (χ3v) is 2.98. The van der Waals surface area contributed by atoms with Gasteiger partial charge in [0.1, 0.15) is 0 Å². The third-order valence-electron chi connectivity index (χ3n) is 2.00. The zero-order valence-electron chi connectivity index (χ0n) is 7.76. The van der Waals surface area contributed by atoms with Crippen LogP contribution in [0.5, 0.6) is 0 Å². The molecule has 1 aromatic heterocycles. The number of hydrogen-bond acceptors (Lipinski definition) is 4. The van der Waals surface area contributed by atoms with Crippen LogP contribution >= 0.6 is 23.1 Å². The minimum absolute atomic E-state index is 0.345. The fraction of sp³-hybridized carbons (Fsp3) is 0.222.